The summed E-state index contributed by atoms with van der Waals surface area (Å²) in [4.78, 5) is 22.8. The second-order valence-electron chi connectivity index (χ2n) is 5.69. The van der Waals surface area contributed by atoms with Crippen molar-refractivity contribution in [1.29, 1.82) is 0 Å². The SMILES string of the molecule is NC(=O)/C(=C\C(=O)O)c1ccc2c3c(cccc13)-c1ccccc1-2. The lowest BCUT2D eigenvalue weighted by Crippen LogP contribution is -2.14. The maximum atomic E-state index is 11.8. The molecule has 0 spiro atoms. The van der Waals surface area contributed by atoms with Gasteiger partial charge in [0, 0.05) is 6.08 Å². The van der Waals surface area contributed by atoms with Crippen LogP contribution in [-0.2, 0) is 9.59 Å². The van der Waals surface area contributed by atoms with Gasteiger partial charge in [-0.05, 0) is 38.6 Å². The van der Waals surface area contributed by atoms with Gasteiger partial charge in [0.2, 0.25) is 5.91 Å². The van der Waals surface area contributed by atoms with Gasteiger partial charge in [0.15, 0.2) is 0 Å². The van der Waals surface area contributed by atoms with E-state index in [4.69, 9.17) is 10.8 Å². The first-order valence-corrected chi connectivity index (χ1v) is 7.48. The summed E-state index contributed by atoms with van der Waals surface area (Å²) >= 11 is 0. The van der Waals surface area contributed by atoms with Gasteiger partial charge < -0.3 is 10.8 Å². The molecule has 0 saturated carbocycles. The Morgan fingerprint density at radius 2 is 1.46 bits per heavy atom. The van der Waals surface area contributed by atoms with Gasteiger partial charge >= 0.3 is 5.97 Å². The summed E-state index contributed by atoms with van der Waals surface area (Å²) in [7, 11) is 0. The van der Waals surface area contributed by atoms with Crippen LogP contribution >= 0.6 is 0 Å². The van der Waals surface area contributed by atoms with E-state index in [1.54, 1.807) is 6.07 Å². The Kier molecular flexibility index (Phi) is 3.00. The molecule has 0 radical (unpaired) electrons. The molecule has 4 heteroatoms. The number of benzene rings is 3. The van der Waals surface area contributed by atoms with Gasteiger partial charge in [0.05, 0.1) is 5.57 Å². The monoisotopic (exact) mass is 315 g/mol. The zero-order valence-electron chi connectivity index (χ0n) is 12.6. The Hall–Kier alpha value is -3.40. The molecule has 1 aliphatic carbocycles. The molecule has 0 aromatic heterocycles. The third kappa shape index (κ3) is 1.93. The van der Waals surface area contributed by atoms with E-state index < -0.39 is 11.9 Å². The first kappa shape index (κ1) is 14.2. The molecule has 4 nitrogen and oxygen atoms in total. The van der Waals surface area contributed by atoms with Crippen LogP contribution < -0.4 is 5.73 Å². The third-order valence-corrected chi connectivity index (χ3v) is 4.37. The summed E-state index contributed by atoms with van der Waals surface area (Å²) < 4.78 is 0. The van der Waals surface area contributed by atoms with Gasteiger partial charge in [-0.25, -0.2) is 4.79 Å². The van der Waals surface area contributed by atoms with Crippen molar-refractivity contribution in [2.45, 2.75) is 0 Å². The van der Waals surface area contributed by atoms with Crippen LogP contribution in [-0.4, -0.2) is 17.0 Å². The summed E-state index contributed by atoms with van der Waals surface area (Å²) in [6.07, 6.45) is 0.870. The molecule has 0 unspecified atom stereocenters. The van der Waals surface area contributed by atoms with Crippen LogP contribution in [0.5, 0.6) is 0 Å². The van der Waals surface area contributed by atoms with Crippen molar-refractivity contribution < 1.29 is 14.7 Å². The lowest BCUT2D eigenvalue weighted by molar-refractivity contribution is -0.131. The molecule has 1 aliphatic rings. The normalized spacial score (nSPS) is 12.2. The summed E-state index contributed by atoms with van der Waals surface area (Å²) in [5.74, 6) is -1.95. The zero-order chi connectivity index (χ0) is 16.8. The number of rotatable bonds is 3. The number of primary amides is 1. The van der Waals surface area contributed by atoms with E-state index >= 15 is 0 Å². The first-order chi connectivity index (χ1) is 11.6. The van der Waals surface area contributed by atoms with Crippen LogP contribution in [0, 0.1) is 0 Å². The standard InChI is InChI=1S/C20H13NO3/c21-20(24)17(10-18(22)23)13-8-9-16-12-5-2-1-4-11(12)14-6-3-7-15(13)19(14)16/h1-10H,(H2,21,24)(H,22,23)/b17-10-. The van der Waals surface area contributed by atoms with E-state index in [-0.39, 0.29) is 5.57 Å². The molecule has 4 rings (SSSR count). The van der Waals surface area contributed by atoms with Crippen molar-refractivity contribution in [1.82, 2.24) is 0 Å². The van der Waals surface area contributed by atoms with Gasteiger partial charge in [0.1, 0.15) is 0 Å². The Morgan fingerprint density at radius 1 is 0.833 bits per heavy atom. The largest absolute Gasteiger partial charge is 0.478 e. The average Bonchev–Trinajstić information content (AvgIpc) is 2.90. The van der Waals surface area contributed by atoms with Crippen molar-refractivity contribution in [3.8, 4) is 22.3 Å². The summed E-state index contributed by atoms with van der Waals surface area (Å²) in [5.41, 5.74) is 10.4. The molecule has 0 aliphatic heterocycles. The Labute approximate surface area is 137 Å². The molecule has 3 aromatic rings. The van der Waals surface area contributed by atoms with E-state index in [1.807, 2.05) is 36.4 Å². The maximum Gasteiger partial charge on any atom is 0.329 e. The highest BCUT2D eigenvalue weighted by Gasteiger charge is 2.23. The number of hydrogen-bond acceptors (Lipinski definition) is 2. The number of amides is 1. The van der Waals surface area contributed by atoms with Gasteiger partial charge in [-0.15, -0.1) is 0 Å². The highest BCUT2D eigenvalue weighted by molar-refractivity contribution is 6.27. The predicted molar refractivity (Wildman–Crippen MR) is 93.2 cm³/mol. The van der Waals surface area contributed by atoms with Crippen LogP contribution in [0.2, 0.25) is 0 Å². The minimum absolute atomic E-state index is 0.00200. The van der Waals surface area contributed by atoms with E-state index in [2.05, 4.69) is 12.1 Å². The summed E-state index contributed by atoms with van der Waals surface area (Å²) in [5, 5.41) is 10.9. The highest BCUT2D eigenvalue weighted by Crippen LogP contribution is 2.48. The predicted octanol–water partition coefficient (Wildman–Crippen LogP) is 3.44. The molecule has 0 fully saturated rings. The quantitative estimate of drug-likeness (QED) is 0.568. The van der Waals surface area contributed by atoms with Crippen LogP contribution in [0.4, 0.5) is 0 Å². The second-order valence-corrected chi connectivity index (χ2v) is 5.69. The Morgan fingerprint density at radius 3 is 2.08 bits per heavy atom. The second kappa shape index (κ2) is 5.06. The molecular formula is C20H13NO3. The van der Waals surface area contributed by atoms with E-state index in [9.17, 15) is 9.59 Å². The van der Waals surface area contributed by atoms with E-state index in [1.165, 1.54) is 0 Å². The third-order valence-electron chi connectivity index (χ3n) is 4.37. The Balaban J connectivity index is 2.09. The van der Waals surface area contributed by atoms with Crippen molar-refractivity contribution in [2.24, 2.45) is 5.73 Å². The smallest absolute Gasteiger partial charge is 0.329 e. The molecule has 1 amide bonds. The fraction of sp³-hybridized carbons (Fsp3) is 0. The number of nitrogens with two attached hydrogens (primary N) is 1. The van der Waals surface area contributed by atoms with E-state index in [0.717, 1.165) is 39.1 Å². The van der Waals surface area contributed by atoms with Gasteiger partial charge in [0.25, 0.3) is 0 Å². The number of carboxylic acids is 1. The molecule has 3 aromatic carbocycles. The van der Waals surface area contributed by atoms with Crippen LogP contribution in [0.15, 0.2) is 60.7 Å². The summed E-state index contributed by atoms with van der Waals surface area (Å²) in [6.45, 7) is 0. The molecule has 24 heavy (non-hydrogen) atoms. The van der Waals surface area contributed by atoms with Crippen LogP contribution in [0.1, 0.15) is 5.56 Å². The van der Waals surface area contributed by atoms with Crippen LogP contribution in [0.25, 0.3) is 38.6 Å². The minimum Gasteiger partial charge on any atom is -0.478 e. The highest BCUT2D eigenvalue weighted by atomic mass is 16.4. The fourth-order valence-corrected chi connectivity index (χ4v) is 3.45. The lowest BCUT2D eigenvalue weighted by Gasteiger charge is -2.10. The molecule has 0 atom stereocenters. The number of aliphatic carboxylic acids is 1. The first-order valence-electron chi connectivity index (χ1n) is 7.48. The minimum atomic E-state index is -1.20. The van der Waals surface area contributed by atoms with Gasteiger partial charge in [-0.3, -0.25) is 4.79 Å². The maximum absolute atomic E-state index is 11.8. The van der Waals surface area contributed by atoms with E-state index in [0.29, 0.717) is 5.56 Å². The molecule has 116 valence electrons. The van der Waals surface area contributed by atoms with Crippen molar-refractivity contribution >= 4 is 28.2 Å². The van der Waals surface area contributed by atoms with Gasteiger partial charge in [-0.1, -0.05) is 54.6 Å². The lowest BCUT2D eigenvalue weighted by atomic mass is 9.94. The van der Waals surface area contributed by atoms with Crippen LogP contribution in [0.3, 0.4) is 0 Å². The van der Waals surface area contributed by atoms with Gasteiger partial charge in [-0.2, -0.15) is 0 Å². The molecular weight excluding hydrogens is 302 g/mol. The van der Waals surface area contributed by atoms with Crippen molar-refractivity contribution in [3.05, 3.63) is 66.2 Å². The zero-order valence-corrected chi connectivity index (χ0v) is 12.6. The molecule has 0 bridgehead atoms. The average molecular weight is 315 g/mol. The molecule has 0 heterocycles. The Bertz CT molecular complexity index is 1030. The number of fused-ring (bicyclic) bond motifs is 3. The fourth-order valence-electron chi connectivity index (χ4n) is 3.45. The number of carbonyl (C=O) groups is 2. The molecule has 3 N–H and O–H groups in total. The number of hydrogen-bond donors (Lipinski definition) is 2. The topological polar surface area (TPSA) is 80.4 Å². The van der Waals surface area contributed by atoms with Crippen molar-refractivity contribution in [2.75, 3.05) is 0 Å². The summed E-state index contributed by atoms with van der Waals surface area (Å²) in [6, 6.07) is 17.6. The number of carbonyl (C=O) groups excluding carboxylic acids is 1. The van der Waals surface area contributed by atoms with Crippen molar-refractivity contribution in [3.63, 3.8) is 0 Å². The molecule has 0 saturated heterocycles. The number of carboxylic acid groups (broad SMARTS) is 1.